The Kier molecular flexibility index (Phi) is 4.96. The lowest BCUT2D eigenvalue weighted by molar-refractivity contribution is 0.0829. The quantitative estimate of drug-likeness (QED) is 0.929. The molecule has 0 aromatic heterocycles. The molecule has 19 heavy (non-hydrogen) atoms. The number of halogens is 2. The van der Waals surface area contributed by atoms with Crippen LogP contribution in [0.5, 0.6) is 5.75 Å². The molecule has 0 aliphatic carbocycles. The lowest BCUT2D eigenvalue weighted by Gasteiger charge is -2.39. The topological polar surface area (TPSA) is 26.7 Å². The molecule has 2 rings (SSSR count). The Balaban J connectivity index is 2.06. The van der Waals surface area contributed by atoms with Crippen LogP contribution in [0.1, 0.15) is 19.4 Å². The van der Waals surface area contributed by atoms with Crippen molar-refractivity contribution in [3.8, 4) is 5.75 Å². The zero-order chi connectivity index (χ0) is 14.0. The van der Waals surface area contributed by atoms with E-state index in [1.165, 1.54) is 0 Å². The van der Waals surface area contributed by atoms with Crippen LogP contribution in [0.4, 0.5) is 0 Å². The van der Waals surface area contributed by atoms with Crippen molar-refractivity contribution in [3.63, 3.8) is 0 Å². The summed E-state index contributed by atoms with van der Waals surface area (Å²) >= 11 is 11.9. The summed E-state index contributed by atoms with van der Waals surface area (Å²) in [5, 5.41) is 10.9. The van der Waals surface area contributed by atoms with E-state index in [1.54, 1.807) is 12.1 Å². The second kappa shape index (κ2) is 6.31. The fourth-order valence-corrected chi connectivity index (χ4v) is 3.20. The maximum absolute atomic E-state index is 9.99. The first-order chi connectivity index (χ1) is 9.01. The summed E-state index contributed by atoms with van der Waals surface area (Å²) < 4.78 is 0. The summed E-state index contributed by atoms with van der Waals surface area (Å²) in [5.74, 6) is 0.150. The van der Waals surface area contributed by atoms with Crippen LogP contribution in [0, 0.1) is 0 Å². The third-order valence-corrected chi connectivity index (χ3v) is 4.26. The van der Waals surface area contributed by atoms with Gasteiger partial charge in [-0.15, -0.1) is 0 Å². The van der Waals surface area contributed by atoms with Crippen molar-refractivity contribution in [1.82, 2.24) is 9.80 Å². The number of rotatable bonds is 3. The van der Waals surface area contributed by atoms with Gasteiger partial charge in [0.1, 0.15) is 5.75 Å². The highest BCUT2D eigenvalue weighted by atomic mass is 35.5. The standard InChI is InChI=1S/C14H20Cl2N2O/c1-3-18-5-4-17(8-10(18)2)9-11-6-12(15)7-13(16)14(11)19/h6-7,10,19H,3-5,8-9H2,1-2H3. The molecule has 0 radical (unpaired) electrons. The molecule has 106 valence electrons. The van der Waals surface area contributed by atoms with Gasteiger partial charge in [-0.3, -0.25) is 9.80 Å². The number of nitrogens with zero attached hydrogens (tertiary/aromatic N) is 2. The van der Waals surface area contributed by atoms with E-state index < -0.39 is 0 Å². The van der Waals surface area contributed by atoms with Gasteiger partial charge in [0, 0.05) is 42.8 Å². The first-order valence-corrected chi connectivity index (χ1v) is 7.40. The van der Waals surface area contributed by atoms with Gasteiger partial charge in [-0.2, -0.15) is 0 Å². The molecule has 1 saturated heterocycles. The number of piperazine rings is 1. The summed E-state index contributed by atoms with van der Waals surface area (Å²) in [6, 6.07) is 3.90. The fourth-order valence-electron chi connectivity index (χ4n) is 2.66. The monoisotopic (exact) mass is 302 g/mol. The third kappa shape index (κ3) is 3.54. The average Bonchev–Trinajstić information content (AvgIpc) is 2.35. The number of hydrogen-bond donors (Lipinski definition) is 1. The van der Waals surface area contributed by atoms with Gasteiger partial charge in [0.15, 0.2) is 0 Å². The van der Waals surface area contributed by atoms with Gasteiger partial charge in [-0.25, -0.2) is 0 Å². The van der Waals surface area contributed by atoms with Gasteiger partial charge in [0.05, 0.1) is 5.02 Å². The largest absolute Gasteiger partial charge is 0.506 e. The minimum atomic E-state index is 0.150. The van der Waals surface area contributed by atoms with Gasteiger partial charge in [0.2, 0.25) is 0 Å². The van der Waals surface area contributed by atoms with Gasteiger partial charge < -0.3 is 5.11 Å². The van der Waals surface area contributed by atoms with E-state index in [2.05, 4.69) is 23.6 Å². The predicted molar refractivity (Wildman–Crippen MR) is 80.1 cm³/mol. The fraction of sp³-hybridized carbons (Fsp3) is 0.571. The zero-order valence-corrected chi connectivity index (χ0v) is 12.9. The molecule has 5 heteroatoms. The van der Waals surface area contributed by atoms with Crippen LogP contribution < -0.4 is 0 Å². The predicted octanol–water partition coefficient (Wildman–Crippen LogP) is 3.23. The lowest BCUT2D eigenvalue weighted by Crippen LogP contribution is -2.51. The molecule has 1 aliphatic rings. The number of likely N-dealkylation sites (N-methyl/N-ethyl adjacent to an activating group) is 1. The Bertz CT molecular complexity index is 453. The minimum absolute atomic E-state index is 0.150. The smallest absolute Gasteiger partial charge is 0.138 e. The average molecular weight is 303 g/mol. The molecular weight excluding hydrogens is 283 g/mol. The van der Waals surface area contributed by atoms with Crippen LogP contribution in [-0.4, -0.2) is 47.1 Å². The summed E-state index contributed by atoms with van der Waals surface area (Å²) in [4.78, 5) is 4.79. The summed E-state index contributed by atoms with van der Waals surface area (Å²) in [5.41, 5.74) is 0.801. The third-order valence-electron chi connectivity index (χ3n) is 3.76. The Labute approximate surface area is 124 Å². The van der Waals surface area contributed by atoms with Crippen LogP contribution in [0.25, 0.3) is 0 Å². The Morgan fingerprint density at radius 1 is 1.32 bits per heavy atom. The Morgan fingerprint density at radius 3 is 2.68 bits per heavy atom. The second-order valence-electron chi connectivity index (χ2n) is 5.11. The maximum atomic E-state index is 9.99. The van der Waals surface area contributed by atoms with Crippen molar-refractivity contribution >= 4 is 23.2 Å². The zero-order valence-electron chi connectivity index (χ0n) is 11.4. The van der Waals surface area contributed by atoms with E-state index in [4.69, 9.17) is 23.2 Å². The van der Waals surface area contributed by atoms with Gasteiger partial charge >= 0.3 is 0 Å². The molecule has 0 saturated carbocycles. The number of phenolic OH excluding ortho intramolecular Hbond substituents is 1. The van der Waals surface area contributed by atoms with E-state index in [1.807, 2.05) is 0 Å². The lowest BCUT2D eigenvalue weighted by atomic mass is 10.1. The summed E-state index contributed by atoms with van der Waals surface area (Å²) in [7, 11) is 0. The Morgan fingerprint density at radius 2 is 2.05 bits per heavy atom. The number of phenols is 1. The molecular formula is C14H20Cl2N2O. The minimum Gasteiger partial charge on any atom is -0.506 e. The number of aromatic hydroxyl groups is 1. The van der Waals surface area contributed by atoms with Crippen LogP contribution in [0.15, 0.2) is 12.1 Å². The normalized spacial score (nSPS) is 21.8. The molecule has 1 aromatic rings. The van der Waals surface area contributed by atoms with Crippen molar-refractivity contribution in [1.29, 1.82) is 0 Å². The number of hydrogen-bond acceptors (Lipinski definition) is 3. The molecule has 0 spiro atoms. The van der Waals surface area contributed by atoms with Crippen LogP contribution in [-0.2, 0) is 6.54 Å². The Hall–Kier alpha value is -0.480. The number of benzene rings is 1. The first-order valence-electron chi connectivity index (χ1n) is 6.64. The van der Waals surface area contributed by atoms with Crippen LogP contribution in [0.2, 0.25) is 10.0 Å². The van der Waals surface area contributed by atoms with E-state index >= 15 is 0 Å². The van der Waals surface area contributed by atoms with Gasteiger partial charge in [0.25, 0.3) is 0 Å². The molecule has 3 nitrogen and oxygen atoms in total. The van der Waals surface area contributed by atoms with E-state index in [-0.39, 0.29) is 5.75 Å². The van der Waals surface area contributed by atoms with Crippen molar-refractivity contribution < 1.29 is 5.11 Å². The van der Waals surface area contributed by atoms with Crippen molar-refractivity contribution in [2.45, 2.75) is 26.4 Å². The molecule has 1 fully saturated rings. The molecule has 1 atom stereocenters. The molecule has 1 unspecified atom stereocenters. The van der Waals surface area contributed by atoms with E-state index in [0.717, 1.165) is 31.7 Å². The van der Waals surface area contributed by atoms with Crippen LogP contribution >= 0.6 is 23.2 Å². The maximum Gasteiger partial charge on any atom is 0.138 e. The van der Waals surface area contributed by atoms with Crippen LogP contribution in [0.3, 0.4) is 0 Å². The second-order valence-corrected chi connectivity index (χ2v) is 5.95. The van der Waals surface area contributed by atoms with Gasteiger partial charge in [-0.1, -0.05) is 30.1 Å². The SMILES string of the molecule is CCN1CCN(Cc2cc(Cl)cc(Cl)c2O)CC1C. The first kappa shape index (κ1) is 14.9. The molecule has 1 aliphatic heterocycles. The van der Waals surface area contributed by atoms with E-state index in [0.29, 0.717) is 22.6 Å². The molecule has 1 aromatic carbocycles. The molecule has 1 N–H and O–H groups in total. The van der Waals surface area contributed by atoms with Crippen molar-refractivity contribution in [2.24, 2.45) is 0 Å². The van der Waals surface area contributed by atoms with E-state index in [9.17, 15) is 5.11 Å². The molecule has 0 amide bonds. The highest BCUT2D eigenvalue weighted by Gasteiger charge is 2.23. The summed E-state index contributed by atoms with van der Waals surface area (Å²) in [6.45, 7) is 9.26. The highest BCUT2D eigenvalue weighted by Crippen LogP contribution is 2.32. The summed E-state index contributed by atoms with van der Waals surface area (Å²) in [6.07, 6.45) is 0. The van der Waals surface area contributed by atoms with Crippen molar-refractivity contribution in [3.05, 3.63) is 27.7 Å². The highest BCUT2D eigenvalue weighted by molar-refractivity contribution is 6.35. The molecule has 1 heterocycles. The van der Waals surface area contributed by atoms with Crippen molar-refractivity contribution in [2.75, 3.05) is 26.2 Å². The van der Waals surface area contributed by atoms with Gasteiger partial charge in [-0.05, 0) is 25.6 Å². The molecule has 0 bridgehead atoms.